The number of thioether (sulfide) groups is 1. The Bertz CT molecular complexity index is 1400. The minimum Gasteiger partial charge on any atom is -0.322 e. The maximum atomic E-state index is 13.1. The lowest BCUT2D eigenvalue weighted by molar-refractivity contribution is -0.115. The van der Waals surface area contributed by atoms with Crippen molar-refractivity contribution in [1.82, 2.24) is 4.98 Å². The highest BCUT2D eigenvalue weighted by Gasteiger charge is 2.20. The van der Waals surface area contributed by atoms with Crippen LogP contribution in [0.5, 0.6) is 0 Å². The van der Waals surface area contributed by atoms with E-state index in [2.05, 4.69) is 15.6 Å². The first kappa shape index (κ1) is 26.2. The number of aromatic nitrogens is 1. The van der Waals surface area contributed by atoms with E-state index in [0.29, 0.717) is 38.5 Å². The van der Waals surface area contributed by atoms with Gasteiger partial charge in [-0.3, -0.25) is 9.59 Å². The zero-order valence-corrected chi connectivity index (χ0v) is 22.1. The van der Waals surface area contributed by atoms with E-state index in [1.54, 1.807) is 30.3 Å². The van der Waals surface area contributed by atoms with Crippen molar-refractivity contribution in [3.05, 3.63) is 93.5 Å². The van der Waals surface area contributed by atoms with Crippen LogP contribution in [-0.2, 0) is 4.79 Å². The number of nitrogens with zero attached hydrogens (tertiary/aromatic N) is 1. The number of anilines is 2. The number of halogens is 3. The molecule has 2 amide bonds. The van der Waals surface area contributed by atoms with Crippen LogP contribution in [0.3, 0.4) is 0 Å². The summed E-state index contributed by atoms with van der Waals surface area (Å²) < 4.78 is 13.1. The van der Waals surface area contributed by atoms with Crippen molar-refractivity contribution in [2.24, 2.45) is 0 Å². The predicted octanol–water partition coefficient (Wildman–Crippen LogP) is 8.02. The lowest BCUT2D eigenvalue weighted by atomic mass is 10.2. The highest BCUT2D eigenvalue weighted by molar-refractivity contribution is 8.00. The van der Waals surface area contributed by atoms with Crippen molar-refractivity contribution in [2.75, 3.05) is 10.6 Å². The van der Waals surface area contributed by atoms with Crippen LogP contribution in [0.4, 0.5) is 15.2 Å². The minimum atomic E-state index is -0.405. The van der Waals surface area contributed by atoms with Crippen LogP contribution in [0.15, 0.2) is 77.0 Å². The van der Waals surface area contributed by atoms with Gasteiger partial charge in [-0.1, -0.05) is 42.3 Å². The van der Waals surface area contributed by atoms with Crippen LogP contribution >= 0.6 is 46.3 Å². The van der Waals surface area contributed by atoms with E-state index in [0.717, 1.165) is 10.5 Å². The average molecular weight is 561 g/mol. The highest BCUT2D eigenvalue weighted by atomic mass is 35.5. The zero-order valence-electron chi connectivity index (χ0n) is 18.9. The molecule has 0 aliphatic carbocycles. The molecule has 4 aromatic rings. The standard InChI is InChI=1S/C26H20Cl2FN3O2S2/c1-2-23(25(34)32-26-31-22(14-35-26)16-8-11-20(27)21(28)12-16)36-19-5-3-4-18(13-19)30-24(33)15-6-9-17(29)10-7-15/h3-14,23H,2H2,1H3,(H,30,33)(H,31,32,34). The van der Waals surface area contributed by atoms with E-state index in [4.69, 9.17) is 23.2 Å². The number of benzene rings is 3. The lowest BCUT2D eigenvalue weighted by Gasteiger charge is -2.14. The van der Waals surface area contributed by atoms with Crippen molar-refractivity contribution in [3.63, 3.8) is 0 Å². The van der Waals surface area contributed by atoms with Crippen LogP contribution < -0.4 is 10.6 Å². The second-order valence-corrected chi connectivity index (χ2v) is 10.6. The number of rotatable bonds is 8. The molecule has 184 valence electrons. The van der Waals surface area contributed by atoms with E-state index in [1.165, 1.54) is 47.4 Å². The molecule has 2 N–H and O–H groups in total. The average Bonchev–Trinajstić information content (AvgIpc) is 3.33. The topological polar surface area (TPSA) is 71.1 Å². The minimum absolute atomic E-state index is 0.168. The molecule has 0 saturated carbocycles. The molecule has 1 heterocycles. The van der Waals surface area contributed by atoms with Crippen LogP contribution in [0.2, 0.25) is 10.0 Å². The van der Waals surface area contributed by atoms with Crippen molar-refractivity contribution < 1.29 is 14.0 Å². The number of nitrogens with one attached hydrogen (secondary N) is 2. The first-order valence-electron chi connectivity index (χ1n) is 10.9. The first-order valence-corrected chi connectivity index (χ1v) is 13.4. The molecule has 0 radical (unpaired) electrons. The zero-order chi connectivity index (χ0) is 25.7. The Balaban J connectivity index is 1.40. The van der Waals surface area contributed by atoms with Crippen LogP contribution in [0.1, 0.15) is 23.7 Å². The van der Waals surface area contributed by atoms with Gasteiger partial charge in [-0.15, -0.1) is 23.1 Å². The van der Waals surface area contributed by atoms with Crippen LogP contribution in [0.25, 0.3) is 11.3 Å². The summed E-state index contributed by atoms with van der Waals surface area (Å²) in [7, 11) is 0. The molecular formula is C26H20Cl2FN3O2S2. The van der Waals surface area contributed by atoms with Crippen LogP contribution in [0, 0.1) is 5.82 Å². The molecule has 3 aromatic carbocycles. The SMILES string of the molecule is CCC(Sc1cccc(NC(=O)c2ccc(F)cc2)c1)C(=O)Nc1nc(-c2ccc(Cl)c(Cl)c2)cs1. The maximum absolute atomic E-state index is 13.1. The molecule has 1 aromatic heterocycles. The summed E-state index contributed by atoms with van der Waals surface area (Å²) in [5.41, 5.74) is 2.43. The van der Waals surface area contributed by atoms with Gasteiger partial charge in [0, 0.05) is 27.1 Å². The third-order valence-corrected chi connectivity index (χ3v) is 7.94. The van der Waals surface area contributed by atoms with Gasteiger partial charge in [0.15, 0.2) is 5.13 Å². The van der Waals surface area contributed by atoms with Crippen molar-refractivity contribution in [1.29, 1.82) is 0 Å². The molecule has 0 aliphatic rings. The second-order valence-electron chi connectivity index (χ2n) is 7.66. The molecule has 0 aliphatic heterocycles. The Kier molecular flexibility index (Phi) is 8.64. The Morgan fingerprint density at radius 3 is 2.53 bits per heavy atom. The molecule has 0 bridgehead atoms. The number of hydrogen-bond acceptors (Lipinski definition) is 5. The van der Waals surface area contributed by atoms with Crippen molar-refractivity contribution in [2.45, 2.75) is 23.5 Å². The molecule has 0 spiro atoms. The Labute approximate surface area is 226 Å². The van der Waals surface area contributed by atoms with Gasteiger partial charge < -0.3 is 10.6 Å². The van der Waals surface area contributed by atoms with Gasteiger partial charge in [-0.05, 0) is 61.0 Å². The van der Waals surface area contributed by atoms with Crippen LogP contribution in [-0.4, -0.2) is 22.0 Å². The molecule has 0 saturated heterocycles. The Hall–Kier alpha value is -2.91. The lowest BCUT2D eigenvalue weighted by Crippen LogP contribution is -2.24. The van der Waals surface area contributed by atoms with Crippen molar-refractivity contribution >= 4 is 68.9 Å². The third-order valence-electron chi connectivity index (χ3n) is 5.09. The van der Waals surface area contributed by atoms with Gasteiger partial charge in [0.25, 0.3) is 5.91 Å². The van der Waals surface area contributed by atoms with E-state index in [-0.39, 0.29) is 17.1 Å². The van der Waals surface area contributed by atoms with Crippen molar-refractivity contribution in [3.8, 4) is 11.3 Å². The summed E-state index contributed by atoms with van der Waals surface area (Å²) in [6.07, 6.45) is 0.591. The summed E-state index contributed by atoms with van der Waals surface area (Å²) in [5.74, 6) is -0.918. The molecule has 5 nitrogen and oxygen atoms in total. The summed E-state index contributed by atoms with van der Waals surface area (Å²) in [4.78, 5) is 30.7. The first-order chi connectivity index (χ1) is 17.3. The number of thiazole rings is 1. The van der Waals surface area contributed by atoms with E-state index >= 15 is 0 Å². The smallest absolute Gasteiger partial charge is 0.255 e. The fourth-order valence-electron chi connectivity index (χ4n) is 3.24. The fourth-order valence-corrected chi connectivity index (χ4v) is 5.28. The van der Waals surface area contributed by atoms with Gasteiger partial charge in [0.2, 0.25) is 5.91 Å². The van der Waals surface area contributed by atoms with Gasteiger partial charge in [0.1, 0.15) is 5.82 Å². The Morgan fingerprint density at radius 1 is 1.03 bits per heavy atom. The monoisotopic (exact) mass is 559 g/mol. The summed E-state index contributed by atoms with van der Waals surface area (Å²) >= 11 is 14.8. The molecule has 1 atom stereocenters. The summed E-state index contributed by atoms with van der Waals surface area (Å²) in [6.45, 7) is 1.93. The fraction of sp³-hybridized carbons (Fsp3) is 0.115. The quantitative estimate of drug-likeness (QED) is 0.214. The summed E-state index contributed by atoms with van der Waals surface area (Å²) in [5, 5.41) is 8.55. The summed E-state index contributed by atoms with van der Waals surface area (Å²) in [6, 6.07) is 17.8. The molecule has 0 fully saturated rings. The molecule has 36 heavy (non-hydrogen) atoms. The van der Waals surface area contributed by atoms with Gasteiger partial charge in [-0.2, -0.15) is 0 Å². The Morgan fingerprint density at radius 2 is 1.81 bits per heavy atom. The van der Waals surface area contributed by atoms with E-state index in [1.807, 2.05) is 24.4 Å². The number of amides is 2. The molecule has 4 rings (SSSR count). The van der Waals surface area contributed by atoms with E-state index < -0.39 is 5.82 Å². The largest absolute Gasteiger partial charge is 0.322 e. The third kappa shape index (κ3) is 6.64. The number of carbonyl (C=O) groups is 2. The molecule has 10 heteroatoms. The van der Waals surface area contributed by atoms with E-state index in [9.17, 15) is 14.0 Å². The normalized spacial score (nSPS) is 11.7. The van der Waals surface area contributed by atoms with Gasteiger partial charge >= 0.3 is 0 Å². The molecular weight excluding hydrogens is 540 g/mol. The molecule has 1 unspecified atom stereocenters. The van der Waals surface area contributed by atoms with Gasteiger partial charge in [0.05, 0.1) is 21.0 Å². The highest BCUT2D eigenvalue weighted by Crippen LogP contribution is 2.32. The second kappa shape index (κ2) is 11.9. The number of hydrogen-bond donors (Lipinski definition) is 2. The number of carbonyl (C=O) groups excluding carboxylic acids is 2. The van der Waals surface area contributed by atoms with Gasteiger partial charge in [-0.25, -0.2) is 9.37 Å². The maximum Gasteiger partial charge on any atom is 0.255 e. The predicted molar refractivity (Wildman–Crippen MR) is 147 cm³/mol.